The van der Waals surface area contributed by atoms with Crippen LogP contribution in [0.15, 0.2) is 11.6 Å². The lowest BCUT2D eigenvalue weighted by molar-refractivity contribution is -0.156. The van der Waals surface area contributed by atoms with Crippen LogP contribution < -0.4 is 0 Å². The minimum absolute atomic E-state index is 0.0105. The van der Waals surface area contributed by atoms with E-state index in [1.165, 1.54) is 32.1 Å². The molecule has 0 aromatic rings. The van der Waals surface area contributed by atoms with Crippen LogP contribution in [0, 0.1) is 46.3 Å². The van der Waals surface area contributed by atoms with Crippen molar-refractivity contribution in [3.05, 3.63) is 11.6 Å². The molecule has 4 nitrogen and oxygen atoms in total. The molecule has 1 N–H and O–H groups in total. The first-order chi connectivity index (χ1) is 15.4. The Morgan fingerprint density at radius 1 is 1.12 bits per heavy atom. The molecule has 0 heterocycles. The Labute approximate surface area is 201 Å². The Morgan fingerprint density at radius 3 is 2.52 bits per heavy atom. The predicted octanol–water partition coefficient (Wildman–Crippen LogP) is 6.17. The van der Waals surface area contributed by atoms with Crippen molar-refractivity contribution < 1.29 is 19.4 Å². The van der Waals surface area contributed by atoms with Gasteiger partial charge in [-0.2, -0.15) is 0 Å². The fraction of sp³-hybridized carbons (Fsp3) is 0.897. The molecule has 4 aliphatic carbocycles. The van der Waals surface area contributed by atoms with Crippen LogP contribution in [0.2, 0.25) is 0 Å². The summed E-state index contributed by atoms with van der Waals surface area (Å²) in [7, 11) is 0. The minimum atomic E-state index is -0.181. The zero-order valence-corrected chi connectivity index (χ0v) is 22.2. The molecule has 0 amide bonds. The van der Waals surface area contributed by atoms with Gasteiger partial charge in [-0.3, -0.25) is 4.79 Å². The first-order valence-electron chi connectivity index (χ1n) is 13.6. The monoisotopic (exact) mass is 460 g/mol. The third-order valence-electron chi connectivity index (χ3n) is 10.6. The topological polar surface area (TPSA) is 55.8 Å². The van der Waals surface area contributed by atoms with E-state index in [0.29, 0.717) is 30.3 Å². The number of carbonyl (C=O) groups is 1. The summed E-state index contributed by atoms with van der Waals surface area (Å²) >= 11 is 0. The molecule has 5 unspecified atom stereocenters. The largest absolute Gasteiger partial charge is 0.462 e. The van der Waals surface area contributed by atoms with Gasteiger partial charge in [0.25, 0.3) is 0 Å². The van der Waals surface area contributed by atoms with E-state index in [1.54, 1.807) is 12.5 Å². The quantitative estimate of drug-likeness (QED) is 0.394. The fourth-order valence-electron chi connectivity index (χ4n) is 9.26. The molecule has 0 spiro atoms. The lowest BCUT2D eigenvalue weighted by Gasteiger charge is -2.57. The summed E-state index contributed by atoms with van der Waals surface area (Å²) in [4.78, 5) is 11.8. The number of carbonyl (C=O) groups excluding carboxylic acids is 1. The summed E-state index contributed by atoms with van der Waals surface area (Å²) in [6.45, 7) is 16.2. The zero-order chi connectivity index (χ0) is 24.2. The summed E-state index contributed by atoms with van der Waals surface area (Å²) in [5.41, 5.74) is 1.48. The Morgan fingerprint density at radius 2 is 1.85 bits per heavy atom. The number of rotatable bonds is 5. The highest BCUT2D eigenvalue weighted by atomic mass is 16.5. The number of allylic oxidation sites excluding steroid dienone is 1. The smallest absolute Gasteiger partial charge is 0.302 e. The number of ether oxygens (including phenoxy) is 2. The summed E-state index contributed by atoms with van der Waals surface area (Å²) in [5.74, 6) is 4.05. The van der Waals surface area contributed by atoms with E-state index >= 15 is 0 Å². The molecule has 0 saturated heterocycles. The highest BCUT2D eigenvalue weighted by molar-refractivity contribution is 5.66. The van der Waals surface area contributed by atoms with Crippen LogP contribution in [0.4, 0.5) is 0 Å². The van der Waals surface area contributed by atoms with Gasteiger partial charge in [0.1, 0.15) is 6.10 Å². The molecule has 4 aliphatic rings. The molecular weight excluding hydrogens is 412 g/mol. The van der Waals surface area contributed by atoms with Gasteiger partial charge >= 0.3 is 5.97 Å². The van der Waals surface area contributed by atoms with Gasteiger partial charge in [-0.1, -0.05) is 45.8 Å². The maximum Gasteiger partial charge on any atom is 0.302 e. The lowest BCUT2D eigenvalue weighted by Crippen LogP contribution is -2.52. The van der Waals surface area contributed by atoms with Gasteiger partial charge < -0.3 is 14.6 Å². The molecular formula is C29H48O4. The second-order valence-electron chi connectivity index (χ2n) is 13.1. The van der Waals surface area contributed by atoms with Crippen molar-refractivity contribution in [3.8, 4) is 0 Å². The molecule has 3 saturated carbocycles. The second-order valence-corrected chi connectivity index (χ2v) is 13.1. The van der Waals surface area contributed by atoms with Crippen LogP contribution in [0.5, 0.6) is 0 Å². The maximum atomic E-state index is 11.8. The van der Waals surface area contributed by atoms with Gasteiger partial charge in [-0.15, -0.1) is 0 Å². The summed E-state index contributed by atoms with van der Waals surface area (Å²) in [5, 5.41) is 9.34. The van der Waals surface area contributed by atoms with Crippen LogP contribution in [0.25, 0.3) is 0 Å². The molecule has 188 valence electrons. The number of esters is 1. The lowest BCUT2D eigenvalue weighted by atomic mass is 9.48. The van der Waals surface area contributed by atoms with Crippen molar-refractivity contribution in [2.45, 2.75) is 105 Å². The number of hydrogen-bond donors (Lipinski definition) is 1. The Balaban J connectivity index is 1.64. The first-order valence-corrected chi connectivity index (χ1v) is 13.6. The van der Waals surface area contributed by atoms with Crippen molar-refractivity contribution in [2.75, 3.05) is 13.2 Å². The van der Waals surface area contributed by atoms with Gasteiger partial charge in [0.15, 0.2) is 0 Å². The molecule has 0 bridgehead atoms. The average molecular weight is 461 g/mol. The summed E-state index contributed by atoms with van der Waals surface area (Å²) in [6, 6.07) is 0. The van der Waals surface area contributed by atoms with Gasteiger partial charge in [0.05, 0.1) is 18.8 Å². The van der Waals surface area contributed by atoms with Crippen molar-refractivity contribution in [1.82, 2.24) is 0 Å². The molecule has 3 fully saturated rings. The molecule has 0 aromatic heterocycles. The van der Waals surface area contributed by atoms with E-state index in [9.17, 15) is 9.90 Å². The highest BCUT2D eigenvalue weighted by Crippen LogP contribution is 2.65. The number of aliphatic hydroxyl groups is 1. The fourth-order valence-corrected chi connectivity index (χ4v) is 9.26. The predicted molar refractivity (Wildman–Crippen MR) is 132 cm³/mol. The van der Waals surface area contributed by atoms with E-state index in [2.05, 4.69) is 47.6 Å². The Kier molecular flexibility index (Phi) is 6.86. The maximum absolute atomic E-state index is 11.8. The van der Waals surface area contributed by atoms with Crippen LogP contribution in [0.1, 0.15) is 93.4 Å². The molecule has 8 atom stereocenters. The molecule has 33 heavy (non-hydrogen) atoms. The number of aliphatic hydroxyl groups excluding tert-OH is 1. The van der Waals surface area contributed by atoms with Gasteiger partial charge in [-0.05, 0) is 93.3 Å². The van der Waals surface area contributed by atoms with Gasteiger partial charge in [-0.25, -0.2) is 0 Å². The first kappa shape index (κ1) is 25.2. The molecule has 4 heteroatoms. The van der Waals surface area contributed by atoms with E-state index < -0.39 is 0 Å². The highest BCUT2D eigenvalue weighted by Gasteiger charge is 2.59. The summed E-state index contributed by atoms with van der Waals surface area (Å²) in [6.07, 6.45) is 11.0. The second kappa shape index (κ2) is 8.97. The van der Waals surface area contributed by atoms with E-state index in [-0.39, 0.29) is 35.1 Å². The molecule has 0 aromatic carbocycles. The van der Waals surface area contributed by atoms with E-state index in [0.717, 1.165) is 24.7 Å². The SMILES string of the molecule is CC(=O)O[C@H]1CCC2(C)C(=CCC3C4CC[C@H](C(C)(C)OCCO)C4[C@H](C)CCC32)C1(C)C. The molecule has 0 radical (unpaired) electrons. The van der Waals surface area contributed by atoms with E-state index in [1.807, 2.05) is 0 Å². The average Bonchev–Trinajstić information content (AvgIpc) is 3.13. The van der Waals surface area contributed by atoms with Crippen molar-refractivity contribution in [2.24, 2.45) is 46.3 Å². The van der Waals surface area contributed by atoms with Gasteiger partial charge in [0, 0.05) is 12.3 Å². The van der Waals surface area contributed by atoms with Crippen LogP contribution in [-0.4, -0.2) is 36.0 Å². The Hall–Kier alpha value is -0.870. The third-order valence-corrected chi connectivity index (χ3v) is 10.6. The third kappa shape index (κ3) is 4.22. The summed E-state index contributed by atoms with van der Waals surface area (Å²) < 4.78 is 12.0. The van der Waals surface area contributed by atoms with Crippen molar-refractivity contribution >= 4 is 5.97 Å². The van der Waals surface area contributed by atoms with E-state index in [4.69, 9.17) is 9.47 Å². The van der Waals surface area contributed by atoms with Crippen LogP contribution in [0.3, 0.4) is 0 Å². The minimum Gasteiger partial charge on any atom is -0.462 e. The standard InChI is InChI=1S/C29H48O4/c1-18-8-11-22-20(21-9-12-23(26(18)21)28(5,6)32-17-16-30)10-13-24-27(3,4)25(33-19(2)31)14-15-29(22,24)7/h13,18,20-23,25-26,30H,8-12,14-17H2,1-7H3/t18-,20?,21?,22?,23+,25+,26?,29?/m1/s1. The van der Waals surface area contributed by atoms with Crippen molar-refractivity contribution in [3.63, 3.8) is 0 Å². The Bertz CT molecular complexity index is 768. The molecule has 4 rings (SSSR count). The molecule has 0 aliphatic heterocycles. The zero-order valence-electron chi connectivity index (χ0n) is 22.2. The normalized spacial score (nSPS) is 42.4. The number of hydrogen-bond acceptors (Lipinski definition) is 4. The van der Waals surface area contributed by atoms with Crippen LogP contribution >= 0.6 is 0 Å². The van der Waals surface area contributed by atoms with Gasteiger partial charge in [0.2, 0.25) is 0 Å². The van der Waals surface area contributed by atoms with Crippen LogP contribution in [-0.2, 0) is 14.3 Å². The van der Waals surface area contributed by atoms with Crippen molar-refractivity contribution in [1.29, 1.82) is 0 Å². The number of fused-ring (bicyclic) bond motifs is 5.